The molecule has 2 aromatic rings. The summed E-state index contributed by atoms with van der Waals surface area (Å²) in [5, 5.41) is 4.62. The average molecular weight is 242 g/mol. The van der Waals surface area contributed by atoms with Gasteiger partial charge in [-0.05, 0) is 43.1 Å². The van der Waals surface area contributed by atoms with Crippen molar-refractivity contribution >= 4 is 10.9 Å². The molecular weight excluding hydrogens is 224 g/mol. The van der Waals surface area contributed by atoms with E-state index in [1.54, 1.807) is 0 Å². The quantitative estimate of drug-likeness (QED) is 0.894. The lowest BCUT2D eigenvalue weighted by Crippen LogP contribution is -2.26. The Balaban J connectivity index is 1.60. The van der Waals surface area contributed by atoms with Crippen LogP contribution in [0.5, 0.6) is 0 Å². The molecule has 94 valence electrons. The summed E-state index contributed by atoms with van der Waals surface area (Å²) in [6.07, 6.45) is 4.33. The molecule has 0 aliphatic carbocycles. The summed E-state index contributed by atoms with van der Waals surface area (Å²) in [6, 6.07) is 10.9. The fraction of sp³-hybridized carbons (Fsp3) is 0.400. The fourth-order valence-electron chi connectivity index (χ4n) is 2.43. The third kappa shape index (κ3) is 2.68. The van der Waals surface area contributed by atoms with Gasteiger partial charge in [-0.15, -0.1) is 0 Å². The van der Waals surface area contributed by atoms with Gasteiger partial charge < -0.3 is 10.1 Å². The van der Waals surface area contributed by atoms with Crippen molar-refractivity contribution in [3.05, 3.63) is 42.1 Å². The summed E-state index contributed by atoms with van der Waals surface area (Å²) >= 11 is 0. The molecule has 1 aliphatic heterocycles. The van der Waals surface area contributed by atoms with Crippen LogP contribution >= 0.6 is 0 Å². The number of ether oxygens (including phenoxy) is 1. The minimum atomic E-state index is 0.548. The SMILES string of the molecule is c1cnc2ccc(COCC3CCCN3)cc2c1. The molecule has 1 fully saturated rings. The van der Waals surface area contributed by atoms with E-state index < -0.39 is 0 Å². The van der Waals surface area contributed by atoms with Crippen molar-refractivity contribution in [1.82, 2.24) is 10.3 Å². The van der Waals surface area contributed by atoms with Gasteiger partial charge in [-0.2, -0.15) is 0 Å². The van der Waals surface area contributed by atoms with E-state index in [4.69, 9.17) is 4.74 Å². The van der Waals surface area contributed by atoms with Gasteiger partial charge in [0, 0.05) is 17.6 Å². The van der Waals surface area contributed by atoms with Crippen LogP contribution in [0.4, 0.5) is 0 Å². The highest BCUT2D eigenvalue weighted by molar-refractivity contribution is 5.78. The van der Waals surface area contributed by atoms with Gasteiger partial charge in [-0.1, -0.05) is 12.1 Å². The normalized spacial score (nSPS) is 19.4. The maximum absolute atomic E-state index is 5.77. The number of aromatic nitrogens is 1. The monoisotopic (exact) mass is 242 g/mol. The third-order valence-corrected chi connectivity index (χ3v) is 3.42. The molecule has 2 heterocycles. The van der Waals surface area contributed by atoms with Crippen LogP contribution < -0.4 is 5.32 Å². The molecule has 1 aromatic carbocycles. The van der Waals surface area contributed by atoms with Crippen molar-refractivity contribution in [2.45, 2.75) is 25.5 Å². The molecule has 1 N–H and O–H groups in total. The second kappa shape index (κ2) is 5.46. The van der Waals surface area contributed by atoms with Crippen molar-refractivity contribution in [3.8, 4) is 0 Å². The summed E-state index contributed by atoms with van der Waals surface area (Å²) in [4.78, 5) is 4.31. The zero-order valence-corrected chi connectivity index (χ0v) is 10.4. The largest absolute Gasteiger partial charge is 0.375 e. The van der Waals surface area contributed by atoms with E-state index in [0.29, 0.717) is 12.6 Å². The number of benzene rings is 1. The molecule has 3 nitrogen and oxygen atoms in total. The standard InChI is InChI=1S/C15H18N2O/c1-3-13-9-12(5-6-15(13)17-8-1)10-18-11-14-4-2-7-16-14/h1,3,5-6,8-9,14,16H,2,4,7,10-11H2. The first-order chi connectivity index (χ1) is 8.92. The highest BCUT2D eigenvalue weighted by atomic mass is 16.5. The molecule has 0 spiro atoms. The first-order valence-corrected chi connectivity index (χ1v) is 6.56. The molecule has 0 bridgehead atoms. The van der Waals surface area contributed by atoms with Crippen molar-refractivity contribution in [2.75, 3.05) is 13.2 Å². The van der Waals surface area contributed by atoms with E-state index in [1.165, 1.54) is 23.8 Å². The van der Waals surface area contributed by atoms with Gasteiger partial charge in [0.1, 0.15) is 0 Å². The zero-order chi connectivity index (χ0) is 12.2. The summed E-state index contributed by atoms with van der Waals surface area (Å²) in [5.41, 5.74) is 2.26. The van der Waals surface area contributed by atoms with E-state index in [0.717, 1.165) is 18.7 Å². The van der Waals surface area contributed by atoms with Crippen molar-refractivity contribution in [1.29, 1.82) is 0 Å². The fourth-order valence-corrected chi connectivity index (χ4v) is 2.43. The lowest BCUT2D eigenvalue weighted by Gasteiger charge is -2.11. The molecule has 1 aliphatic rings. The van der Waals surface area contributed by atoms with Gasteiger partial charge in [-0.3, -0.25) is 4.98 Å². The number of hydrogen-bond acceptors (Lipinski definition) is 3. The van der Waals surface area contributed by atoms with Gasteiger partial charge in [0.15, 0.2) is 0 Å². The Morgan fingerprint density at radius 2 is 2.33 bits per heavy atom. The van der Waals surface area contributed by atoms with Gasteiger partial charge >= 0.3 is 0 Å². The summed E-state index contributed by atoms with van der Waals surface area (Å²) < 4.78 is 5.77. The minimum absolute atomic E-state index is 0.548. The Hall–Kier alpha value is -1.45. The van der Waals surface area contributed by atoms with E-state index in [1.807, 2.05) is 12.3 Å². The molecule has 0 amide bonds. The summed E-state index contributed by atoms with van der Waals surface area (Å²) in [5.74, 6) is 0. The predicted octanol–water partition coefficient (Wildman–Crippen LogP) is 2.50. The van der Waals surface area contributed by atoms with Crippen LogP contribution in [0.25, 0.3) is 10.9 Å². The van der Waals surface area contributed by atoms with Crippen LogP contribution in [-0.2, 0) is 11.3 Å². The third-order valence-electron chi connectivity index (χ3n) is 3.42. The second-order valence-corrected chi connectivity index (χ2v) is 4.84. The van der Waals surface area contributed by atoms with Gasteiger partial charge in [0.2, 0.25) is 0 Å². The Morgan fingerprint density at radius 1 is 1.33 bits per heavy atom. The van der Waals surface area contributed by atoms with Gasteiger partial charge in [-0.25, -0.2) is 0 Å². The molecule has 1 unspecified atom stereocenters. The number of fused-ring (bicyclic) bond motifs is 1. The van der Waals surface area contributed by atoms with E-state index in [9.17, 15) is 0 Å². The first kappa shape index (κ1) is 11.6. The Morgan fingerprint density at radius 3 is 3.22 bits per heavy atom. The number of nitrogens with one attached hydrogen (secondary N) is 1. The molecule has 3 rings (SSSR count). The number of nitrogens with zero attached hydrogens (tertiary/aromatic N) is 1. The highest BCUT2D eigenvalue weighted by Gasteiger charge is 2.13. The zero-order valence-electron chi connectivity index (χ0n) is 10.4. The lowest BCUT2D eigenvalue weighted by atomic mass is 10.1. The maximum atomic E-state index is 5.77. The van der Waals surface area contributed by atoms with Gasteiger partial charge in [0.05, 0.1) is 18.7 Å². The highest BCUT2D eigenvalue weighted by Crippen LogP contribution is 2.14. The average Bonchev–Trinajstić information content (AvgIpc) is 2.92. The van der Waals surface area contributed by atoms with Gasteiger partial charge in [0.25, 0.3) is 0 Å². The van der Waals surface area contributed by atoms with Crippen LogP contribution in [-0.4, -0.2) is 24.2 Å². The van der Waals surface area contributed by atoms with Crippen LogP contribution in [0.1, 0.15) is 18.4 Å². The van der Waals surface area contributed by atoms with E-state index in [2.05, 4.69) is 34.6 Å². The van der Waals surface area contributed by atoms with E-state index in [-0.39, 0.29) is 0 Å². The topological polar surface area (TPSA) is 34.1 Å². The molecule has 1 saturated heterocycles. The molecule has 3 heteroatoms. The first-order valence-electron chi connectivity index (χ1n) is 6.56. The van der Waals surface area contributed by atoms with Crippen molar-refractivity contribution in [2.24, 2.45) is 0 Å². The van der Waals surface area contributed by atoms with Crippen LogP contribution in [0.3, 0.4) is 0 Å². The Labute approximate surface area is 107 Å². The van der Waals surface area contributed by atoms with Crippen molar-refractivity contribution < 1.29 is 4.74 Å². The van der Waals surface area contributed by atoms with Crippen molar-refractivity contribution in [3.63, 3.8) is 0 Å². The number of hydrogen-bond donors (Lipinski definition) is 1. The molecule has 0 radical (unpaired) electrons. The molecule has 0 saturated carbocycles. The summed E-state index contributed by atoms with van der Waals surface area (Å²) in [7, 11) is 0. The molecular formula is C15H18N2O. The van der Waals surface area contributed by atoms with E-state index >= 15 is 0 Å². The molecule has 1 atom stereocenters. The van der Waals surface area contributed by atoms with Crippen LogP contribution in [0.15, 0.2) is 36.5 Å². The summed E-state index contributed by atoms with van der Waals surface area (Å²) in [6.45, 7) is 2.63. The number of rotatable bonds is 4. The van der Waals surface area contributed by atoms with Crippen LogP contribution in [0.2, 0.25) is 0 Å². The Kier molecular flexibility index (Phi) is 3.53. The minimum Gasteiger partial charge on any atom is -0.375 e. The molecule has 1 aromatic heterocycles. The predicted molar refractivity (Wildman–Crippen MR) is 72.4 cm³/mol. The maximum Gasteiger partial charge on any atom is 0.0717 e. The lowest BCUT2D eigenvalue weighted by molar-refractivity contribution is 0.103. The van der Waals surface area contributed by atoms with Crippen LogP contribution in [0, 0.1) is 0 Å². The Bertz CT molecular complexity index is 521. The smallest absolute Gasteiger partial charge is 0.0717 e. The second-order valence-electron chi connectivity index (χ2n) is 4.84. The molecule has 18 heavy (non-hydrogen) atoms. The number of pyridine rings is 1.